The van der Waals surface area contributed by atoms with Crippen LogP contribution in [0.25, 0.3) is 5.69 Å². The number of rotatable bonds is 5. The minimum Gasteiger partial charge on any atom is -0.494 e. The monoisotopic (exact) mass is 556 g/mol. The molecule has 0 unspecified atom stereocenters. The van der Waals surface area contributed by atoms with Gasteiger partial charge in [-0.2, -0.15) is 0 Å². The Labute approximate surface area is 231 Å². The first-order chi connectivity index (χ1) is 18.7. The van der Waals surface area contributed by atoms with Gasteiger partial charge >= 0.3 is 0 Å². The second-order valence-electron chi connectivity index (χ2n) is 10.9. The summed E-state index contributed by atoms with van der Waals surface area (Å²) in [6, 6.07) is 8.13. The molecule has 2 aliphatic heterocycles. The van der Waals surface area contributed by atoms with Gasteiger partial charge in [-0.25, -0.2) is 8.78 Å². The van der Waals surface area contributed by atoms with Crippen molar-refractivity contribution in [3.63, 3.8) is 0 Å². The van der Waals surface area contributed by atoms with Crippen LogP contribution in [0.3, 0.4) is 0 Å². The molecule has 3 aromatic rings. The number of nitrogens with zero attached hydrogens (tertiary/aromatic N) is 6. The van der Waals surface area contributed by atoms with Gasteiger partial charge in [-0.05, 0) is 49.4 Å². The Kier molecular flexibility index (Phi) is 6.50. The maximum absolute atomic E-state index is 14.6. The van der Waals surface area contributed by atoms with Gasteiger partial charge in [-0.15, -0.1) is 10.2 Å². The molecule has 0 bridgehead atoms. The van der Waals surface area contributed by atoms with Gasteiger partial charge in [-0.1, -0.05) is 11.6 Å². The molecule has 2 aromatic carbocycles. The number of hydrogen-bond donors (Lipinski definition) is 0. The lowest BCUT2D eigenvalue weighted by molar-refractivity contribution is -0.136. The van der Waals surface area contributed by atoms with Gasteiger partial charge in [0.25, 0.3) is 0 Å². The van der Waals surface area contributed by atoms with E-state index in [1.54, 1.807) is 19.0 Å². The molecule has 1 amide bonds. The van der Waals surface area contributed by atoms with E-state index in [9.17, 15) is 13.6 Å². The van der Waals surface area contributed by atoms with E-state index in [1.165, 1.54) is 13.2 Å². The molecule has 0 radical (unpaired) electrons. The number of piperidine rings is 1. The van der Waals surface area contributed by atoms with E-state index >= 15 is 0 Å². The van der Waals surface area contributed by atoms with Crippen molar-refractivity contribution >= 4 is 23.2 Å². The first-order valence-corrected chi connectivity index (χ1v) is 13.6. The third kappa shape index (κ3) is 4.43. The van der Waals surface area contributed by atoms with E-state index in [2.05, 4.69) is 19.7 Å². The third-order valence-corrected chi connectivity index (χ3v) is 8.52. The molecule has 3 aliphatic rings. The number of likely N-dealkylation sites (N-methyl/N-ethyl adjacent to an activating group) is 1. The minimum absolute atomic E-state index is 0.0253. The molecule has 8 nitrogen and oxygen atoms in total. The first-order valence-electron chi connectivity index (χ1n) is 13.2. The molecule has 206 valence electrons. The highest BCUT2D eigenvalue weighted by Gasteiger charge is 2.56. The topological polar surface area (TPSA) is 66.7 Å². The summed E-state index contributed by atoms with van der Waals surface area (Å²) >= 11 is 6.43. The molecule has 0 spiro atoms. The SMILES string of the molecule is COc1cc(N2CCC(c3nnc4n3-c3ccc(Cl)cc3CN(C3(C(=O)N(C)C)CC3)C4)CC2)c(F)cc1F. The van der Waals surface area contributed by atoms with E-state index in [0.29, 0.717) is 36.9 Å². The summed E-state index contributed by atoms with van der Waals surface area (Å²) in [5.74, 6) is 0.565. The number of benzene rings is 2. The van der Waals surface area contributed by atoms with E-state index in [4.69, 9.17) is 16.3 Å². The van der Waals surface area contributed by atoms with Crippen molar-refractivity contribution in [2.24, 2.45) is 0 Å². The molecular weight excluding hydrogens is 526 g/mol. The van der Waals surface area contributed by atoms with Gasteiger partial charge in [0.15, 0.2) is 17.4 Å². The first kappa shape index (κ1) is 26.0. The van der Waals surface area contributed by atoms with Crippen molar-refractivity contribution < 1.29 is 18.3 Å². The van der Waals surface area contributed by atoms with Crippen LogP contribution in [0.2, 0.25) is 5.02 Å². The smallest absolute Gasteiger partial charge is 0.242 e. The lowest BCUT2D eigenvalue weighted by Gasteiger charge is -2.33. The number of carbonyl (C=O) groups excluding carboxylic acids is 1. The molecule has 11 heteroatoms. The van der Waals surface area contributed by atoms with Crippen molar-refractivity contribution in [1.82, 2.24) is 24.6 Å². The number of fused-ring (bicyclic) bond motifs is 3. The normalized spacial score (nSPS) is 18.8. The highest BCUT2D eigenvalue weighted by molar-refractivity contribution is 6.30. The maximum Gasteiger partial charge on any atom is 0.242 e. The van der Waals surface area contributed by atoms with Gasteiger partial charge in [0.05, 0.1) is 25.0 Å². The Bertz CT molecular complexity index is 1430. The number of halogens is 3. The molecule has 1 aliphatic carbocycles. The van der Waals surface area contributed by atoms with Crippen molar-refractivity contribution in [3.8, 4) is 11.4 Å². The third-order valence-electron chi connectivity index (χ3n) is 8.29. The highest BCUT2D eigenvalue weighted by Crippen LogP contribution is 2.46. The highest BCUT2D eigenvalue weighted by atomic mass is 35.5. The molecule has 0 atom stereocenters. The van der Waals surface area contributed by atoms with Gasteiger partial charge < -0.3 is 14.5 Å². The zero-order chi connectivity index (χ0) is 27.5. The van der Waals surface area contributed by atoms with Gasteiger partial charge in [0.2, 0.25) is 5.91 Å². The predicted molar refractivity (Wildman–Crippen MR) is 143 cm³/mol. The fourth-order valence-electron chi connectivity index (χ4n) is 6.09. The summed E-state index contributed by atoms with van der Waals surface area (Å²) in [4.78, 5) is 19.0. The average Bonchev–Trinajstić information content (AvgIpc) is 3.65. The second-order valence-corrected chi connectivity index (χ2v) is 11.3. The summed E-state index contributed by atoms with van der Waals surface area (Å²) in [7, 11) is 4.97. The summed E-state index contributed by atoms with van der Waals surface area (Å²) in [6.45, 7) is 2.25. The minimum atomic E-state index is -0.715. The number of aromatic nitrogens is 3. The summed E-state index contributed by atoms with van der Waals surface area (Å²) in [5.41, 5.74) is 1.80. The molecule has 6 rings (SSSR count). The Hall–Kier alpha value is -3.24. The number of carbonyl (C=O) groups is 1. The van der Waals surface area contributed by atoms with Crippen LogP contribution in [0.5, 0.6) is 5.75 Å². The molecule has 1 aromatic heterocycles. The Morgan fingerprint density at radius 1 is 1.05 bits per heavy atom. The number of ether oxygens (including phenoxy) is 1. The Balaban J connectivity index is 1.30. The Morgan fingerprint density at radius 2 is 1.79 bits per heavy atom. The van der Waals surface area contributed by atoms with Crippen molar-refractivity contribution in [2.45, 2.75) is 50.2 Å². The zero-order valence-corrected chi connectivity index (χ0v) is 23.0. The van der Waals surface area contributed by atoms with E-state index in [-0.39, 0.29) is 17.6 Å². The largest absolute Gasteiger partial charge is 0.494 e. The average molecular weight is 557 g/mol. The van der Waals surface area contributed by atoms with E-state index in [0.717, 1.165) is 54.6 Å². The number of methoxy groups -OCH3 is 1. The van der Waals surface area contributed by atoms with E-state index in [1.807, 2.05) is 23.1 Å². The lowest BCUT2D eigenvalue weighted by Crippen LogP contribution is -2.48. The molecule has 1 saturated carbocycles. The van der Waals surface area contributed by atoms with Crippen LogP contribution in [0.15, 0.2) is 30.3 Å². The summed E-state index contributed by atoms with van der Waals surface area (Å²) in [5, 5.41) is 9.91. The molecule has 0 N–H and O–H groups in total. The van der Waals surface area contributed by atoms with Crippen LogP contribution in [0, 0.1) is 11.6 Å². The molecule has 1 saturated heterocycles. The fraction of sp³-hybridized carbons (Fsp3) is 0.464. The van der Waals surface area contributed by atoms with Crippen LogP contribution in [-0.2, 0) is 17.9 Å². The van der Waals surface area contributed by atoms with Gasteiger partial charge in [0, 0.05) is 56.8 Å². The van der Waals surface area contributed by atoms with Crippen molar-refractivity contribution in [2.75, 3.05) is 39.2 Å². The molecule has 2 fully saturated rings. The predicted octanol–water partition coefficient (Wildman–Crippen LogP) is 4.53. The summed E-state index contributed by atoms with van der Waals surface area (Å²) in [6.07, 6.45) is 3.08. The fourth-order valence-corrected chi connectivity index (χ4v) is 6.28. The molecule has 39 heavy (non-hydrogen) atoms. The number of anilines is 1. The van der Waals surface area contributed by atoms with Crippen LogP contribution < -0.4 is 9.64 Å². The van der Waals surface area contributed by atoms with Crippen molar-refractivity contribution in [1.29, 1.82) is 0 Å². The second kappa shape index (κ2) is 9.75. The van der Waals surface area contributed by atoms with Crippen molar-refractivity contribution in [3.05, 3.63) is 64.2 Å². The Morgan fingerprint density at radius 3 is 2.46 bits per heavy atom. The quantitative estimate of drug-likeness (QED) is 0.460. The van der Waals surface area contributed by atoms with Crippen LogP contribution >= 0.6 is 11.6 Å². The van der Waals surface area contributed by atoms with Crippen LogP contribution in [-0.4, -0.2) is 70.3 Å². The van der Waals surface area contributed by atoms with E-state index < -0.39 is 17.2 Å². The molecule has 3 heterocycles. The lowest BCUT2D eigenvalue weighted by atomic mass is 9.95. The summed E-state index contributed by atoms with van der Waals surface area (Å²) < 4.78 is 35.8. The standard InChI is InChI=1S/C28H31ClF2N6O2/c1-34(2)27(38)28(8-9-28)36-15-18-12-19(29)4-5-22(18)37-25(16-36)32-33-26(37)17-6-10-35(11-7-17)23-14-24(39-3)21(31)13-20(23)30/h4-5,12-14,17H,6-11,15-16H2,1-3H3. The number of hydrogen-bond acceptors (Lipinski definition) is 6. The van der Waals surface area contributed by atoms with Gasteiger partial charge in [0.1, 0.15) is 17.2 Å². The van der Waals surface area contributed by atoms with Crippen LogP contribution in [0.1, 0.15) is 48.8 Å². The van der Waals surface area contributed by atoms with Gasteiger partial charge in [-0.3, -0.25) is 14.3 Å². The zero-order valence-electron chi connectivity index (χ0n) is 22.3. The van der Waals surface area contributed by atoms with Crippen LogP contribution in [0.4, 0.5) is 14.5 Å². The maximum atomic E-state index is 14.6. The molecular formula is C28H31ClF2N6O2. The number of amides is 1.